The lowest BCUT2D eigenvalue weighted by Crippen LogP contribution is -2.30. The van der Waals surface area contributed by atoms with Crippen LogP contribution in [0.4, 0.5) is 5.69 Å². The van der Waals surface area contributed by atoms with Gasteiger partial charge in [0.25, 0.3) is 5.91 Å². The Kier molecular flexibility index (Phi) is 3.48. The van der Waals surface area contributed by atoms with Gasteiger partial charge in [-0.15, -0.1) is 0 Å². The van der Waals surface area contributed by atoms with Crippen LogP contribution in [0.1, 0.15) is 0 Å². The minimum atomic E-state index is -1.56. The molecule has 1 atom stereocenters. The summed E-state index contributed by atoms with van der Waals surface area (Å²) >= 11 is 5.30. The number of nitrogens with one attached hydrogen (secondary N) is 1. The summed E-state index contributed by atoms with van der Waals surface area (Å²) < 4.78 is 0. The first kappa shape index (κ1) is 10.5. The zero-order valence-electron chi connectivity index (χ0n) is 7.11. The zero-order chi connectivity index (χ0) is 10.6. The molecule has 0 radical (unpaired) electrons. The van der Waals surface area contributed by atoms with Gasteiger partial charge in [-0.05, 0) is 12.1 Å². The standard InChI is InChI=1S/C9H8ClNO3/c10-7(9(13)14)8(12)11-6-4-2-1-3-5-6/h1-5,7H,(H,11,12)(H,13,14). The molecule has 0 aliphatic carbocycles. The quantitative estimate of drug-likeness (QED) is 0.588. The molecule has 0 saturated carbocycles. The molecule has 0 fully saturated rings. The number of benzene rings is 1. The minimum Gasteiger partial charge on any atom is -0.480 e. The van der Waals surface area contributed by atoms with Crippen LogP contribution in [-0.2, 0) is 9.59 Å². The summed E-state index contributed by atoms with van der Waals surface area (Å²) in [6.45, 7) is 0. The van der Waals surface area contributed by atoms with Crippen molar-refractivity contribution in [1.29, 1.82) is 0 Å². The van der Waals surface area contributed by atoms with E-state index in [0.717, 1.165) is 0 Å². The molecule has 0 bridgehead atoms. The van der Waals surface area contributed by atoms with E-state index in [1.165, 1.54) is 0 Å². The summed E-state index contributed by atoms with van der Waals surface area (Å²) in [5, 5.41) is 9.25. The number of amides is 1. The van der Waals surface area contributed by atoms with E-state index in [1.54, 1.807) is 30.3 Å². The van der Waals surface area contributed by atoms with Gasteiger partial charge < -0.3 is 10.4 Å². The Labute approximate surface area is 85.5 Å². The van der Waals surface area contributed by atoms with Crippen molar-refractivity contribution in [3.63, 3.8) is 0 Å². The molecule has 1 aromatic rings. The van der Waals surface area contributed by atoms with Gasteiger partial charge in [-0.25, -0.2) is 0 Å². The fourth-order valence-electron chi connectivity index (χ4n) is 0.839. The second kappa shape index (κ2) is 4.62. The molecule has 0 spiro atoms. The highest BCUT2D eigenvalue weighted by Crippen LogP contribution is 2.07. The van der Waals surface area contributed by atoms with Crippen LogP contribution in [0.5, 0.6) is 0 Å². The average molecular weight is 214 g/mol. The largest absolute Gasteiger partial charge is 0.480 e. The number of carboxylic acid groups (broad SMARTS) is 1. The number of carboxylic acids is 1. The third-order valence-electron chi connectivity index (χ3n) is 1.49. The molecule has 1 rings (SSSR count). The molecular formula is C9H8ClNO3. The smallest absolute Gasteiger partial charge is 0.331 e. The van der Waals surface area contributed by atoms with Crippen molar-refractivity contribution in [3.8, 4) is 0 Å². The summed E-state index contributed by atoms with van der Waals surface area (Å²) in [7, 11) is 0. The first-order valence-corrected chi connectivity index (χ1v) is 4.27. The molecule has 1 aromatic carbocycles. The van der Waals surface area contributed by atoms with Crippen LogP contribution in [0.15, 0.2) is 30.3 Å². The van der Waals surface area contributed by atoms with E-state index in [-0.39, 0.29) is 0 Å². The SMILES string of the molecule is O=C(O)C(Cl)C(=O)Nc1ccccc1. The van der Waals surface area contributed by atoms with Crippen LogP contribution >= 0.6 is 11.6 Å². The highest BCUT2D eigenvalue weighted by atomic mass is 35.5. The molecule has 5 heteroatoms. The normalized spacial score (nSPS) is 11.8. The van der Waals surface area contributed by atoms with Gasteiger partial charge in [-0.1, -0.05) is 29.8 Å². The first-order chi connectivity index (χ1) is 6.61. The van der Waals surface area contributed by atoms with Crippen LogP contribution in [0, 0.1) is 0 Å². The molecule has 74 valence electrons. The Morgan fingerprint density at radius 3 is 2.36 bits per heavy atom. The maximum absolute atomic E-state index is 11.1. The van der Waals surface area contributed by atoms with Crippen LogP contribution in [0.3, 0.4) is 0 Å². The van der Waals surface area contributed by atoms with Gasteiger partial charge in [0.2, 0.25) is 5.38 Å². The Morgan fingerprint density at radius 1 is 1.29 bits per heavy atom. The summed E-state index contributed by atoms with van der Waals surface area (Å²) in [6.07, 6.45) is 0. The second-order valence-electron chi connectivity index (χ2n) is 2.56. The minimum absolute atomic E-state index is 0.518. The molecular weight excluding hydrogens is 206 g/mol. The molecule has 4 nitrogen and oxygen atoms in total. The van der Waals surface area contributed by atoms with Gasteiger partial charge in [0.05, 0.1) is 0 Å². The maximum atomic E-state index is 11.1. The van der Waals surface area contributed by atoms with Gasteiger partial charge >= 0.3 is 5.97 Å². The molecule has 0 aliphatic rings. The number of alkyl halides is 1. The molecule has 1 unspecified atom stereocenters. The number of halogens is 1. The topological polar surface area (TPSA) is 66.4 Å². The van der Waals surface area contributed by atoms with E-state index < -0.39 is 17.3 Å². The zero-order valence-corrected chi connectivity index (χ0v) is 7.86. The highest BCUT2D eigenvalue weighted by Gasteiger charge is 2.22. The Hall–Kier alpha value is -1.55. The number of para-hydroxylation sites is 1. The number of carbonyl (C=O) groups is 2. The predicted octanol–water partition coefficient (Wildman–Crippen LogP) is 1.32. The Bertz CT molecular complexity index is 339. The van der Waals surface area contributed by atoms with E-state index in [1.807, 2.05) is 0 Å². The number of anilines is 1. The molecule has 14 heavy (non-hydrogen) atoms. The fourth-order valence-corrected chi connectivity index (χ4v) is 0.894. The molecule has 0 aromatic heterocycles. The number of hydrogen-bond acceptors (Lipinski definition) is 2. The second-order valence-corrected chi connectivity index (χ2v) is 2.99. The predicted molar refractivity (Wildman–Crippen MR) is 52.3 cm³/mol. The molecule has 0 heterocycles. The van der Waals surface area contributed by atoms with Gasteiger partial charge in [-0.3, -0.25) is 9.59 Å². The van der Waals surface area contributed by atoms with Crippen molar-refractivity contribution in [2.75, 3.05) is 5.32 Å². The third kappa shape index (κ3) is 2.74. The van der Waals surface area contributed by atoms with Crippen molar-refractivity contribution >= 4 is 29.2 Å². The van der Waals surface area contributed by atoms with Crippen LogP contribution in [0.25, 0.3) is 0 Å². The molecule has 2 N–H and O–H groups in total. The van der Waals surface area contributed by atoms with E-state index in [0.29, 0.717) is 5.69 Å². The lowest BCUT2D eigenvalue weighted by molar-refractivity contribution is -0.139. The summed E-state index contributed by atoms with van der Waals surface area (Å²) in [5.74, 6) is -2.11. The van der Waals surface area contributed by atoms with E-state index in [4.69, 9.17) is 16.7 Å². The van der Waals surface area contributed by atoms with Gasteiger partial charge in [0.15, 0.2) is 0 Å². The van der Waals surface area contributed by atoms with Crippen LogP contribution < -0.4 is 5.32 Å². The monoisotopic (exact) mass is 213 g/mol. The van der Waals surface area contributed by atoms with Crippen molar-refractivity contribution in [2.45, 2.75) is 5.38 Å². The Balaban J connectivity index is 2.62. The number of rotatable bonds is 3. The van der Waals surface area contributed by atoms with Crippen LogP contribution in [0.2, 0.25) is 0 Å². The third-order valence-corrected chi connectivity index (χ3v) is 1.87. The van der Waals surface area contributed by atoms with E-state index in [2.05, 4.69) is 5.32 Å². The molecule has 1 amide bonds. The van der Waals surface area contributed by atoms with Crippen molar-refractivity contribution in [2.24, 2.45) is 0 Å². The highest BCUT2D eigenvalue weighted by molar-refractivity contribution is 6.41. The molecule has 0 saturated heterocycles. The lowest BCUT2D eigenvalue weighted by atomic mass is 10.3. The summed E-state index contributed by atoms with van der Waals surface area (Å²) in [4.78, 5) is 21.5. The maximum Gasteiger partial charge on any atom is 0.331 e. The summed E-state index contributed by atoms with van der Waals surface area (Å²) in [6, 6.07) is 8.51. The van der Waals surface area contributed by atoms with E-state index >= 15 is 0 Å². The van der Waals surface area contributed by atoms with Crippen LogP contribution in [-0.4, -0.2) is 22.4 Å². The summed E-state index contributed by atoms with van der Waals surface area (Å²) in [5.41, 5.74) is 0.518. The number of aliphatic carboxylic acids is 1. The van der Waals surface area contributed by atoms with Crippen molar-refractivity contribution in [3.05, 3.63) is 30.3 Å². The van der Waals surface area contributed by atoms with Gasteiger partial charge in [0, 0.05) is 5.69 Å². The fraction of sp³-hybridized carbons (Fsp3) is 0.111. The van der Waals surface area contributed by atoms with E-state index in [9.17, 15) is 9.59 Å². The first-order valence-electron chi connectivity index (χ1n) is 3.84. The lowest BCUT2D eigenvalue weighted by Gasteiger charge is -2.05. The number of hydrogen-bond donors (Lipinski definition) is 2. The molecule has 0 aliphatic heterocycles. The van der Waals surface area contributed by atoms with Crippen molar-refractivity contribution < 1.29 is 14.7 Å². The van der Waals surface area contributed by atoms with Gasteiger partial charge in [0.1, 0.15) is 0 Å². The number of carbonyl (C=O) groups excluding carboxylic acids is 1. The van der Waals surface area contributed by atoms with Gasteiger partial charge in [-0.2, -0.15) is 0 Å². The average Bonchev–Trinajstić information content (AvgIpc) is 2.18. The Morgan fingerprint density at radius 2 is 1.86 bits per heavy atom. The van der Waals surface area contributed by atoms with Crippen molar-refractivity contribution in [1.82, 2.24) is 0 Å².